The lowest BCUT2D eigenvalue weighted by Crippen LogP contribution is -2.29. The first-order chi connectivity index (χ1) is 20.9. The van der Waals surface area contributed by atoms with Crippen molar-refractivity contribution in [1.29, 1.82) is 0 Å². The maximum absolute atomic E-state index is 13.6. The van der Waals surface area contributed by atoms with Crippen LogP contribution in [0.2, 0.25) is 5.02 Å². The molecule has 5 aromatic rings. The maximum atomic E-state index is 13.6. The van der Waals surface area contributed by atoms with E-state index in [0.717, 1.165) is 16.3 Å². The van der Waals surface area contributed by atoms with Crippen molar-refractivity contribution in [2.45, 2.75) is 16.1 Å². The van der Waals surface area contributed by atoms with Gasteiger partial charge < -0.3 is 9.84 Å². The molecule has 10 heteroatoms. The van der Waals surface area contributed by atoms with Crippen molar-refractivity contribution >= 4 is 68.1 Å². The van der Waals surface area contributed by atoms with Gasteiger partial charge in [0.05, 0.1) is 11.6 Å². The Morgan fingerprint density at radius 1 is 1.02 bits per heavy atom. The first-order valence-corrected chi connectivity index (χ1v) is 15.5. The Morgan fingerprint density at radius 3 is 2.60 bits per heavy atom. The second kappa shape index (κ2) is 12.4. The monoisotopic (exact) mass is 625 g/mol. The number of ketones is 1. The largest absolute Gasteiger partial charge is 0.507 e. The molecule has 1 aliphatic heterocycles. The van der Waals surface area contributed by atoms with E-state index in [-0.39, 0.29) is 23.1 Å². The first kappa shape index (κ1) is 28.7. The molecule has 4 aromatic carbocycles. The maximum Gasteiger partial charge on any atom is 0.301 e. The minimum absolute atomic E-state index is 0.0617. The number of Topliss-reactive ketones (excluding diaryl/α,β-unsaturated/α-hetero) is 1. The van der Waals surface area contributed by atoms with Gasteiger partial charge in [0.2, 0.25) is 5.13 Å². The van der Waals surface area contributed by atoms with Gasteiger partial charge in [-0.1, -0.05) is 102 Å². The molecule has 0 radical (unpaired) electrons. The van der Waals surface area contributed by atoms with Crippen LogP contribution < -0.4 is 9.64 Å². The van der Waals surface area contributed by atoms with Gasteiger partial charge in [0.1, 0.15) is 18.1 Å². The van der Waals surface area contributed by atoms with E-state index in [0.29, 0.717) is 32.0 Å². The Hall–Kier alpha value is -4.44. The van der Waals surface area contributed by atoms with E-state index in [2.05, 4.69) is 41.0 Å². The molecule has 6 rings (SSSR count). The third kappa shape index (κ3) is 5.79. The van der Waals surface area contributed by atoms with Crippen molar-refractivity contribution in [3.05, 3.63) is 131 Å². The van der Waals surface area contributed by atoms with Gasteiger partial charge in [-0.15, -0.1) is 10.2 Å². The lowest BCUT2D eigenvalue weighted by atomic mass is 9.95. The van der Waals surface area contributed by atoms with Crippen molar-refractivity contribution in [2.24, 2.45) is 0 Å². The van der Waals surface area contributed by atoms with Crippen LogP contribution in [-0.2, 0) is 15.3 Å². The number of fused-ring (bicyclic) bond motifs is 1. The molecule has 43 heavy (non-hydrogen) atoms. The average molecular weight is 626 g/mol. The number of ether oxygens (including phenoxy) is 1. The molecular weight excluding hydrogens is 602 g/mol. The van der Waals surface area contributed by atoms with E-state index in [1.54, 1.807) is 54.6 Å². The molecule has 1 aliphatic rings. The molecule has 214 valence electrons. The Bertz CT molecular complexity index is 1880. The molecule has 1 amide bonds. The fourth-order valence-corrected chi connectivity index (χ4v) is 6.95. The second-order valence-electron chi connectivity index (χ2n) is 9.63. The van der Waals surface area contributed by atoms with Gasteiger partial charge >= 0.3 is 5.91 Å². The Labute approximate surface area is 261 Å². The summed E-state index contributed by atoms with van der Waals surface area (Å²) in [6, 6.07) is 26.8. The summed E-state index contributed by atoms with van der Waals surface area (Å²) in [7, 11) is 0. The van der Waals surface area contributed by atoms with Crippen LogP contribution in [0.3, 0.4) is 0 Å². The zero-order valence-electron chi connectivity index (χ0n) is 22.6. The van der Waals surface area contributed by atoms with Crippen LogP contribution in [0.4, 0.5) is 5.13 Å². The molecule has 0 spiro atoms. The highest BCUT2D eigenvalue weighted by Crippen LogP contribution is 2.44. The number of carbonyl (C=O) groups excluding carboxylic acids is 2. The van der Waals surface area contributed by atoms with E-state index in [1.807, 2.05) is 18.2 Å². The fraction of sp³-hybridized carbons (Fsp3) is 0.0909. The number of anilines is 1. The molecule has 1 aromatic heterocycles. The molecule has 1 atom stereocenters. The SMILES string of the molecule is C=CCOc1cccc(C2C(=C(O)c3ccc(Cl)cc3)C(=O)C(=O)N2c2nnc(SCc3cccc4ccccc34)s2)c1. The predicted octanol–water partition coefficient (Wildman–Crippen LogP) is 7.83. The van der Waals surface area contributed by atoms with E-state index < -0.39 is 17.7 Å². The summed E-state index contributed by atoms with van der Waals surface area (Å²) in [6.45, 7) is 3.97. The van der Waals surface area contributed by atoms with Crippen molar-refractivity contribution in [2.75, 3.05) is 11.5 Å². The molecule has 2 heterocycles. The molecule has 0 bridgehead atoms. The minimum atomic E-state index is -0.966. The summed E-state index contributed by atoms with van der Waals surface area (Å²) in [5, 5.41) is 23.1. The molecule has 0 aliphatic carbocycles. The Kier molecular flexibility index (Phi) is 8.29. The number of amides is 1. The number of aliphatic hydroxyl groups excluding tert-OH is 1. The standard InChI is InChI=1S/C33H24ClN3O4S2/c1-2-17-41-25-11-6-9-22(18-25)28-27(29(38)21-13-15-24(34)16-14-21)30(39)31(40)37(28)32-35-36-33(43-32)42-19-23-10-5-8-20-7-3-4-12-26(20)23/h2-16,18,28,38H,1,17,19H2. The van der Waals surface area contributed by atoms with Crippen molar-refractivity contribution < 1.29 is 19.4 Å². The summed E-state index contributed by atoms with van der Waals surface area (Å²) in [5.41, 5.74) is 2.01. The molecule has 1 fully saturated rings. The van der Waals surface area contributed by atoms with Crippen molar-refractivity contribution in [3.8, 4) is 5.75 Å². The van der Waals surface area contributed by atoms with Gasteiger partial charge in [-0.05, 0) is 58.3 Å². The average Bonchev–Trinajstić information content (AvgIpc) is 3.60. The number of aromatic nitrogens is 2. The van der Waals surface area contributed by atoms with Crippen LogP contribution in [0.5, 0.6) is 5.75 Å². The molecule has 1 unspecified atom stereocenters. The fourth-order valence-electron chi connectivity index (χ4n) is 4.95. The normalized spacial score (nSPS) is 16.1. The van der Waals surface area contributed by atoms with Gasteiger partial charge in [0.25, 0.3) is 5.78 Å². The number of carbonyl (C=O) groups is 2. The van der Waals surface area contributed by atoms with Gasteiger partial charge in [0, 0.05) is 16.3 Å². The minimum Gasteiger partial charge on any atom is -0.507 e. The van der Waals surface area contributed by atoms with E-state index >= 15 is 0 Å². The van der Waals surface area contributed by atoms with Crippen molar-refractivity contribution in [3.63, 3.8) is 0 Å². The number of halogens is 1. The van der Waals surface area contributed by atoms with E-state index in [4.69, 9.17) is 16.3 Å². The second-order valence-corrected chi connectivity index (χ2v) is 12.2. The number of aliphatic hydroxyl groups is 1. The highest BCUT2D eigenvalue weighted by molar-refractivity contribution is 8.00. The summed E-state index contributed by atoms with van der Waals surface area (Å²) >= 11 is 8.77. The summed E-state index contributed by atoms with van der Waals surface area (Å²) in [5.74, 6) is -0.764. The number of benzene rings is 4. The highest BCUT2D eigenvalue weighted by Gasteiger charge is 2.48. The van der Waals surface area contributed by atoms with Gasteiger partial charge in [-0.3, -0.25) is 14.5 Å². The molecular formula is C33H24ClN3O4S2. The van der Waals surface area contributed by atoms with Gasteiger partial charge in [-0.25, -0.2) is 0 Å². The molecule has 0 saturated carbocycles. The summed E-state index contributed by atoms with van der Waals surface area (Å²) in [6.07, 6.45) is 1.62. The van der Waals surface area contributed by atoms with Crippen LogP contribution in [0.25, 0.3) is 16.5 Å². The van der Waals surface area contributed by atoms with Gasteiger partial charge in [0.15, 0.2) is 4.34 Å². The molecule has 1 N–H and O–H groups in total. The number of hydrogen-bond donors (Lipinski definition) is 1. The van der Waals surface area contributed by atoms with Crippen LogP contribution >= 0.6 is 34.7 Å². The molecule has 1 saturated heterocycles. The first-order valence-electron chi connectivity index (χ1n) is 13.3. The summed E-state index contributed by atoms with van der Waals surface area (Å²) in [4.78, 5) is 28.4. The van der Waals surface area contributed by atoms with Crippen LogP contribution in [0.1, 0.15) is 22.7 Å². The van der Waals surface area contributed by atoms with Crippen LogP contribution in [0.15, 0.2) is 114 Å². The Balaban J connectivity index is 1.38. The lowest BCUT2D eigenvalue weighted by Gasteiger charge is -2.23. The zero-order valence-corrected chi connectivity index (χ0v) is 25.0. The predicted molar refractivity (Wildman–Crippen MR) is 172 cm³/mol. The number of thioether (sulfide) groups is 1. The van der Waals surface area contributed by atoms with E-state index in [1.165, 1.54) is 28.0 Å². The Morgan fingerprint density at radius 2 is 1.79 bits per heavy atom. The highest BCUT2D eigenvalue weighted by atomic mass is 35.5. The van der Waals surface area contributed by atoms with Crippen LogP contribution in [0, 0.1) is 0 Å². The smallest absolute Gasteiger partial charge is 0.301 e. The lowest BCUT2D eigenvalue weighted by molar-refractivity contribution is -0.132. The topological polar surface area (TPSA) is 92.6 Å². The third-order valence-corrected chi connectivity index (χ3v) is 9.29. The van der Waals surface area contributed by atoms with Crippen molar-refractivity contribution in [1.82, 2.24) is 10.2 Å². The quantitative estimate of drug-likeness (QED) is 0.0446. The molecule has 7 nitrogen and oxygen atoms in total. The number of hydrogen-bond acceptors (Lipinski definition) is 8. The third-order valence-electron chi connectivity index (χ3n) is 6.94. The summed E-state index contributed by atoms with van der Waals surface area (Å²) < 4.78 is 6.37. The number of nitrogens with zero attached hydrogens (tertiary/aromatic N) is 3. The van der Waals surface area contributed by atoms with Gasteiger partial charge in [-0.2, -0.15) is 0 Å². The zero-order chi connectivity index (χ0) is 29.9. The van der Waals surface area contributed by atoms with Crippen LogP contribution in [-0.4, -0.2) is 33.6 Å². The number of rotatable bonds is 9. The van der Waals surface area contributed by atoms with E-state index in [9.17, 15) is 14.7 Å².